The van der Waals surface area contributed by atoms with Crippen molar-refractivity contribution < 1.29 is 19.1 Å². The highest BCUT2D eigenvalue weighted by atomic mass is 127. The molecule has 0 spiro atoms. The van der Waals surface area contributed by atoms with E-state index in [9.17, 15) is 9.59 Å². The van der Waals surface area contributed by atoms with Crippen molar-refractivity contribution in [2.75, 3.05) is 4.43 Å². The number of carbonyl (C=O) groups is 2. The highest BCUT2D eigenvalue weighted by Crippen LogP contribution is 2.13. The lowest BCUT2D eigenvalue weighted by molar-refractivity contribution is -0.157. The van der Waals surface area contributed by atoms with Crippen molar-refractivity contribution in [2.45, 2.75) is 78.0 Å². The summed E-state index contributed by atoms with van der Waals surface area (Å²) in [5, 5.41) is 2.62. The summed E-state index contributed by atoms with van der Waals surface area (Å²) in [6, 6.07) is -0.665. The summed E-state index contributed by atoms with van der Waals surface area (Å²) in [6.45, 7) is 10.8. The molecular formula is C15H28INO4. The monoisotopic (exact) mass is 413 g/mol. The van der Waals surface area contributed by atoms with Crippen LogP contribution in [0.5, 0.6) is 0 Å². The quantitative estimate of drug-likeness (QED) is 0.311. The minimum absolute atomic E-state index is 0.415. The van der Waals surface area contributed by atoms with Crippen LogP contribution in [0.4, 0.5) is 4.79 Å². The highest BCUT2D eigenvalue weighted by molar-refractivity contribution is 14.1. The Morgan fingerprint density at radius 2 is 1.52 bits per heavy atom. The third kappa shape index (κ3) is 11.8. The molecule has 0 fully saturated rings. The van der Waals surface area contributed by atoms with Gasteiger partial charge < -0.3 is 14.8 Å². The predicted molar refractivity (Wildman–Crippen MR) is 91.7 cm³/mol. The van der Waals surface area contributed by atoms with Crippen molar-refractivity contribution in [3.63, 3.8) is 0 Å². The molecule has 124 valence electrons. The molecule has 1 unspecified atom stereocenters. The zero-order chi connectivity index (χ0) is 16.7. The molecule has 21 heavy (non-hydrogen) atoms. The fourth-order valence-corrected chi connectivity index (χ4v) is 2.05. The van der Waals surface area contributed by atoms with Crippen LogP contribution in [0, 0.1) is 0 Å². The summed E-state index contributed by atoms with van der Waals surface area (Å²) in [5.41, 5.74) is -1.17. The number of amides is 1. The molecular weight excluding hydrogens is 385 g/mol. The lowest BCUT2D eigenvalue weighted by Crippen LogP contribution is -2.46. The Bertz CT molecular complexity index is 345. The highest BCUT2D eigenvalue weighted by Gasteiger charge is 2.28. The summed E-state index contributed by atoms with van der Waals surface area (Å²) in [6.07, 6.45) is 1.81. The van der Waals surface area contributed by atoms with Crippen LogP contribution in [-0.2, 0) is 14.3 Å². The Labute approximate surface area is 141 Å². The van der Waals surface area contributed by atoms with Gasteiger partial charge in [0.25, 0.3) is 0 Å². The molecule has 0 radical (unpaired) electrons. The van der Waals surface area contributed by atoms with Crippen molar-refractivity contribution in [3.05, 3.63) is 0 Å². The number of halogens is 1. The Kier molecular flexibility index (Phi) is 8.58. The normalized spacial score (nSPS) is 13.5. The number of alkyl halides is 1. The van der Waals surface area contributed by atoms with Gasteiger partial charge in [-0.3, -0.25) is 0 Å². The first-order valence-corrected chi connectivity index (χ1v) is 8.75. The fourth-order valence-electron chi connectivity index (χ4n) is 1.51. The van der Waals surface area contributed by atoms with E-state index in [1.165, 1.54) is 0 Å². The van der Waals surface area contributed by atoms with Gasteiger partial charge in [-0.15, -0.1) is 0 Å². The smallest absolute Gasteiger partial charge is 0.408 e. The molecule has 0 heterocycles. The molecule has 0 aromatic heterocycles. The molecule has 0 aliphatic heterocycles. The molecule has 0 rings (SSSR count). The van der Waals surface area contributed by atoms with Gasteiger partial charge in [-0.05, 0) is 58.8 Å². The first-order chi connectivity index (χ1) is 9.44. The van der Waals surface area contributed by atoms with Crippen LogP contribution in [0.25, 0.3) is 0 Å². The summed E-state index contributed by atoms with van der Waals surface area (Å²) >= 11 is 2.29. The maximum Gasteiger partial charge on any atom is 0.408 e. The molecule has 0 aliphatic rings. The van der Waals surface area contributed by atoms with E-state index < -0.39 is 29.3 Å². The average Bonchev–Trinajstić information content (AvgIpc) is 2.22. The number of hydrogen-bond acceptors (Lipinski definition) is 4. The Morgan fingerprint density at radius 1 is 1.00 bits per heavy atom. The summed E-state index contributed by atoms with van der Waals surface area (Å²) < 4.78 is 11.6. The van der Waals surface area contributed by atoms with Gasteiger partial charge in [-0.1, -0.05) is 29.0 Å². The largest absolute Gasteiger partial charge is 0.458 e. The molecule has 1 atom stereocenters. The average molecular weight is 413 g/mol. The summed E-state index contributed by atoms with van der Waals surface area (Å²) in [5.74, 6) is -0.415. The van der Waals surface area contributed by atoms with Crippen LogP contribution in [0.1, 0.15) is 60.8 Å². The number of ether oxygens (including phenoxy) is 2. The van der Waals surface area contributed by atoms with Crippen LogP contribution in [-0.4, -0.2) is 33.7 Å². The number of alkyl carbamates (subject to hydrolysis) is 1. The van der Waals surface area contributed by atoms with Crippen LogP contribution in [0.2, 0.25) is 0 Å². The van der Waals surface area contributed by atoms with E-state index in [4.69, 9.17) is 9.47 Å². The van der Waals surface area contributed by atoms with E-state index in [0.29, 0.717) is 6.42 Å². The maximum absolute atomic E-state index is 12.2. The van der Waals surface area contributed by atoms with Gasteiger partial charge in [0.2, 0.25) is 0 Å². The zero-order valence-electron chi connectivity index (χ0n) is 13.9. The van der Waals surface area contributed by atoms with Gasteiger partial charge in [0.05, 0.1) is 0 Å². The van der Waals surface area contributed by atoms with Gasteiger partial charge in [0, 0.05) is 0 Å². The van der Waals surface area contributed by atoms with Crippen LogP contribution < -0.4 is 5.32 Å². The first-order valence-electron chi connectivity index (χ1n) is 7.23. The Balaban J connectivity index is 4.65. The topological polar surface area (TPSA) is 64.6 Å². The standard InChI is InChI=1S/C15H28INO4/c1-14(2,3)20-12(18)11(9-7-8-10-16)17-13(19)21-15(4,5)6/h11H,7-10H2,1-6H3,(H,17,19). The lowest BCUT2D eigenvalue weighted by atomic mass is 10.1. The zero-order valence-corrected chi connectivity index (χ0v) is 16.1. The summed E-state index contributed by atoms with van der Waals surface area (Å²) in [7, 11) is 0. The molecule has 0 saturated carbocycles. The van der Waals surface area contributed by atoms with Crippen molar-refractivity contribution in [1.82, 2.24) is 5.32 Å². The van der Waals surface area contributed by atoms with Gasteiger partial charge in [0.15, 0.2) is 0 Å². The van der Waals surface area contributed by atoms with E-state index in [1.807, 2.05) is 0 Å². The van der Waals surface area contributed by atoms with Crippen molar-refractivity contribution in [2.24, 2.45) is 0 Å². The SMILES string of the molecule is CC(C)(C)OC(=O)NC(CCCCI)C(=O)OC(C)(C)C. The van der Waals surface area contributed by atoms with Crippen LogP contribution >= 0.6 is 22.6 Å². The van der Waals surface area contributed by atoms with Crippen LogP contribution in [0.15, 0.2) is 0 Å². The lowest BCUT2D eigenvalue weighted by Gasteiger charge is -2.26. The number of rotatable bonds is 6. The first kappa shape index (κ1) is 20.5. The molecule has 0 bridgehead atoms. The predicted octanol–water partition coefficient (Wildman–Crippen LogP) is 3.83. The number of carbonyl (C=O) groups excluding carboxylic acids is 2. The van der Waals surface area contributed by atoms with E-state index in [1.54, 1.807) is 41.5 Å². The van der Waals surface area contributed by atoms with Gasteiger partial charge >= 0.3 is 12.1 Å². The van der Waals surface area contributed by atoms with Crippen molar-refractivity contribution in [3.8, 4) is 0 Å². The van der Waals surface area contributed by atoms with Gasteiger partial charge in [0.1, 0.15) is 17.2 Å². The van der Waals surface area contributed by atoms with Gasteiger partial charge in [-0.2, -0.15) is 0 Å². The maximum atomic E-state index is 12.2. The number of nitrogens with one attached hydrogen (secondary N) is 1. The van der Waals surface area contributed by atoms with E-state index in [-0.39, 0.29) is 0 Å². The third-order valence-corrected chi connectivity index (χ3v) is 3.02. The van der Waals surface area contributed by atoms with Crippen molar-refractivity contribution in [1.29, 1.82) is 0 Å². The van der Waals surface area contributed by atoms with Crippen LogP contribution in [0.3, 0.4) is 0 Å². The number of esters is 1. The second-order valence-corrected chi connectivity index (χ2v) is 8.00. The molecule has 0 aromatic rings. The molecule has 6 heteroatoms. The molecule has 1 amide bonds. The second kappa shape index (κ2) is 8.80. The van der Waals surface area contributed by atoms with E-state index in [2.05, 4.69) is 27.9 Å². The minimum Gasteiger partial charge on any atom is -0.458 e. The minimum atomic E-state index is -0.665. The molecule has 1 N–H and O–H groups in total. The molecule has 5 nitrogen and oxygen atoms in total. The van der Waals surface area contributed by atoms with E-state index in [0.717, 1.165) is 17.3 Å². The molecule has 0 aliphatic carbocycles. The molecule has 0 aromatic carbocycles. The Morgan fingerprint density at radius 3 is 1.95 bits per heavy atom. The Hall–Kier alpha value is -0.530. The molecule has 0 saturated heterocycles. The summed E-state index contributed by atoms with van der Waals surface area (Å²) in [4.78, 5) is 24.0. The number of unbranched alkanes of at least 4 members (excludes halogenated alkanes) is 1. The third-order valence-electron chi connectivity index (χ3n) is 2.26. The fraction of sp³-hybridized carbons (Fsp3) is 0.867. The van der Waals surface area contributed by atoms with E-state index >= 15 is 0 Å². The number of hydrogen-bond donors (Lipinski definition) is 1. The van der Waals surface area contributed by atoms with Gasteiger partial charge in [-0.25, -0.2) is 9.59 Å². The van der Waals surface area contributed by atoms with Crippen molar-refractivity contribution >= 4 is 34.7 Å². The second-order valence-electron chi connectivity index (χ2n) is 6.92.